The molecule has 5 heteroatoms. The summed E-state index contributed by atoms with van der Waals surface area (Å²) in [6.45, 7) is 0.639. The van der Waals surface area contributed by atoms with Crippen LogP contribution in [0.4, 0.5) is 0 Å². The molecule has 0 saturated carbocycles. The Kier molecular flexibility index (Phi) is 4.45. The highest BCUT2D eigenvalue weighted by Crippen LogP contribution is 2.33. The van der Waals surface area contributed by atoms with E-state index in [4.69, 9.17) is 26.8 Å². The van der Waals surface area contributed by atoms with E-state index in [0.29, 0.717) is 23.2 Å². The fourth-order valence-electron chi connectivity index (χ4n) is 1.99. The average molecular weight is 281 g/mol. The first-order chi connectivity index (χ1) is 9.19. The maximum absolute atomic E-state index is 6.18. The summed E-state index contributed by atoms with van der Waals surface area (Å²) in [6, 6.07) is 5.76. The van der Waals surface area contributed by atoms with Crippen LogP contribution in [0.1, 0.15) is 12.0 Å². The number of aryl methyl sites for hydroxylation is 1. The van der Waals surface area contributed by atoms with Crippen molar-refractivity contribution in [3.8, 4) is 11.5 Å². The van der Waals surface area contributed by atoms with E-state index in [-0.39, 0.29) is 0 Å². The fraction of sp³-hybridized carbons (Fsp3) is 0.357. The molecule has 19 heavy (non-hydrogen) atoms. The normalized spacial score (nSPS) is 10.7. The lowest BCUT2D eigenvalue weighted by molar-refractivity contribution is 0.356. The van der Waals surface area contributed by atoms with Crippen LogP contribution in [0.2, 0.25) is 5.15 Å². The van der Waals surface area contributed by atoms with Crippen LogP contribution in [-0.4, -0.2) is 25.7 Å². The molecule has 0 aliphatic carbocycles. The second-order valence-electron chi connectivity index (χ2n) is 4.23. The van der Waals surface area contributed by atoms with E-state index in [0.717, 1.165) is 29.3 Å². The Morgan fingerprint density at radius 3 is 2.47 bits per heavy atom. The summed E-state index contributed by atoms with van der Waals surface area (Å²) in [5, 5.41) is 1.50. The first-order valence-electron chi connectivity index (χ1n) is 6.10. The van der Waals surface area contributed by atoms with Crippen LogP contribution in [0.5, 0.6) is 11.5 Å². The molecule has 1 heterocycles. The van der Waals surface area contributed by atoms with Crippen LogP contribution < -0.4 is 15.2 Å². The molecule has 4 nitrogen and oxygen atoms in total. The minimum atomic E-state index is 0.521. The van der Waals surface area contributed by atoms with Crippen LogP contribution >= 0.6 is 11.6 Å². The molecule has 0 radical (unpaired) electrons. The third-order valence-corrected chi connectivity index (χ3v) is 3.32. The molecule has 2 aromatic rings. The number of fused-ring (bicyclic) bond motifs is 1. The topological polar surface area (TPSA) is 57.4 Å². The van der Waals surface area contributed by atoms with E-state index in [1.807, 2.05) is 18.2 Å². The van der Waals surface area contributed by atoms with Crippen molar-refractivity contribution < 1.29 is 9.47 Å². The Balaban J connectivity index is 2.52. The summed E-state index contributed by atoms with van der Waals surface area (Å²) in [5.74, 6) is 1.33. The molecule has 0 unspecified atom stereocenters. The molecule has 0 aliphatic heterocycles. The molecule has 0 amide bonds. The van der Waals surface area contributed by atoms with Crippen molar-refractivity contribution >= 4 is 22.5 Å². The van der Waals surface area contributed by atoms with Gasteiger partial charge in [-0.15, -0.1) is 0 Å². The van der Waals surface area contributed by atoms with Gasteiger partial charge in [0.05, 0.1) is 19.7 Å². The molecular formula is C14H17ClN2O2. The van der Waals surface area contributed by atoms with E-state index in [2.05, 4.69) is 4.98 Å². The maximum Gasteiger partial charge on any atom is 0.162 e. The van der Waals surface area contributed by atoms with Gasteiger partial charge in [0.15, 0.2) is 11.5 Å². The Morgan fingerprint density at radius 2 is 1.84 bits per heavy atom. The van der Waals surface area contributed by atoms with Crippen LogP contribution in [0.15, 0.2) is 18.2 Å². The molecule has 2 rings (SSSR count). The number of aromatic nitrogens is 1. The zero-order valence-electron chi connectivity index (χ0n) is 11.1. The molecule has 0 bridgehead atoms. The number of hydrogen-bond donors (Lipinski definition) is 1. The summed E-state index contributed by atoms with van der Waals surface area (Å²) in [7, 11) is 3.21. The third-order valence-electron chi connectivity index (χ3n) is 3.00. The smallest absolute Gasteiger partial charge is 0.162 e. The lowest BCUT2D eigenvalue weighted by Crippen LogP contribution is -2.01. The number of rotatable bonds is 5. The molecule has 0 saturated heterocycles. The van der Waals surface area contributed by atoms with Gasteiger partial charge in [0.1, 0.15) is 5.15 Å². The van der Waals surface area contributed by atoms with Gasteiger partial charge in [0.25, 0.3) is 0 Å². The van der Waals surface area contributed by atoms with Gasteiger partial charge in [0.2, 0.25) is 0 Å². The Morgan fingerprint density at radius 1 is 1.16 bits per heavy atom. The van der Waals surface area contributed by atoms with E-state index in [1.165, 1.54) is 0 Å². The Labute approximate surface area is 117 Å². The van der Waals surface area contributed by atoms with Gasteiger partial charge in [0, 0.05) is 11.5 Å². The van der Waals surface area contributed by atoms with Gasteiger partial charge >= 0.3 is 0 Å². The van der Waals surface area contributed by atoms with Crippen molar-refractivity contribution in [3.63, 3.8) is 0 Å². The molecule has 0 atom stereocenters. The highest BCUT2D eigenvalue weighted by Gasteiger charge is 2.10. The van der Waals surface area contributed by atoms with Crippen molar-refractivity contribution in [2.45, 2.75) is 12.8 Å². The lowest BCUT2D eigenvalue weighted by Gasteiger charge is -2.10. The fourth-order valence-corrected chi connectivity index (χ4v) is 2.23. The number of pyridine rings is 1. The summed E-state index contributed by atoms with van der Waals surface area (Å²) in [5.41, 5.74) is 7.32. The maximum atomic E-state index is 6.18. The monoisotopic (exact) mass is 280 g/mol. The highest BCUT2D eigenvalue weighted by molar-refractivity contribution is 6.30. The first kappa shape index (κ1) is 13.9. The largest absolute Gasteiger partial charge is 0.493 e. The van der Waals surface area contributed by atoms with Crippen molar-refractivity contribution in [1.29, 1.82) is 0 Å². The van der Waals surface area contributed by atoms with Crippen LogP contribution in [0.25, 0.3) is 10.9 Å². The number of hydrogen-bond acceptors (Lipinski definition) is 4. The number of nitrogens with zero attached hydrogens (tertiary/aromatic N) is 1. The number of halogens is 1. The van der Waals surface area contributed by atoms with Gasteiger partial charge in [-0.1, -0.05) is 11.6 Å². The zero-order valence-corrected chi connectivity index (χ0v) is 11.8. The van der Waals surface area contributed by atoms with Crippen molar-refractivity contribution in [2.24, 2.45) is 5.73 Å². The second kappa shape index (κ2) is 6.08. The molecule has 0 fully saturated rings. The summed E-state index contributed by atoms with van der Waals surface area (Å²) in [6.07, 6.45) is 1.72. The SMILES string of the molecule is COc1cc2cc(CCCN)c(Cl)nc2cc1OC. The van der Waals surface area contributed by atoms with Crippen molar-refractivity contribution in [1.82, 2.24) is 4.98 Å². The number of methoxy groups -OCH3 is 2. The number of ether oxygens (including phenoxy) is 2. The highest BCUT2D eigenvalue weighted by atomic mass is 35.5. The molecular weight excluding hydrogens is 264 g/mol. The van der Waals surface area contributed by atoms with Gasteiger partial charge in [-0.2, -0.15) is 0 Å². The van der Waals surface area contributed by atoms with E-state index in [1.54, 1.807) is 14.2 Å². The predicted molar refractivity (Wildman–Crippen MR) is 77.2 cm³/mol. The molecule has 0 aliphatic rings. The third kappa shape index (κ3) is 2.91. The summed E-state index contributed by atoms with van der Waals surface area (Å²) >= 11 is 6.18. The Hall–Kier alpha value is -1.52. The second-order valence-corrected chi connectivity index (χ2v) is 4.59. The molecule has 0 spiro atoms. The molecule has 1 aromatic carbocycles. The van der Waals surface area contributed by atoms with Crippen LogP contribution in [-0.2, 0) is 6.42 Å². The number of nitrogens with two attached hydrogens (primary N) is 1. The minimum absolute atomic E-state index is 0.521. The van der Waals surface area contributed by atoms with Gasteiger partial charge in [-0.25, -0.2) is 4.98 Å². The van der Waals surface area contributed by atoms with Crippen LogP contribution in [0, 0.1) is 0 Å². The predicted octanol–water partition coefficient (Wildman–Crippen LogP) is 2.80. The standard InChI is InChI=1S/C14H17ClN2O2/c1-18-12-7-10-6-9(4-3-5-16)14(15)17-11(10)8-13(12)19-2/h6-8H,3-5,16H2,1-2H3. The zero-order chi connectivity index (χ0) is 13.8. The van der Waals surface area contributed by atoms with Gasteiger partial charge < -0.3 is 15.2 Å². The van der Waals surface area contributed by atoms with Crippen molar-refractivity contribution in [2.75, 3.05) is 20.8 Å². The van der Waals surface area contributed by atoms with E-state index in [9.17, 15) is 0 Å². The summed E-state index contributed by atoms with van der Waals surface area (Å²) < 4.78 is 10.5. The Bertz CT molecular complexity index is 587. The quantitative estimate of drug-likeness (QED) is 0.856. The summed E-state index contributed by atoms with van der Waals surface area (Å²) in [4.78, 5) is 4.40. The van der Waals surface area contributed by atoms with Crippen LogP contribution in [0.3, 0.4) is 0 Å². The lowest BCUT2D eigenvalue weighted by atomic mass is 10.1. The van der Waals surface area contributed by atoms with Gasteiger partial charge in [-0.3, -0.25) is 0 Å². The minimum Gasteiger partial charge on any atom is -0.493 e. The van der Waals surface area contributed by atoms with E-state index < -0.39 is 0 Å². The van der Waals surface area contributed by atoms with Gasteiger partial charge in [-0.05, 0) is 37.1 Å². The molecule has 102 valence electrons. The number of benzene rings is 1. The molecule has 2 N–H and O–H groups in total. The first-order valence-corrected chi connectivity index (χ1v) is 6.48. The average Bonchev–Trinajstić information content (AvgIpc) is 2.43. The van der Waals surface area contributed by atoms with Crippen molar-refractivity contribution in [3.05, 3.63) is 28.9 Å². The van der Waals surface area contributed by atoms with E-state index >= 15 is 0 Å². The molecule has 1 aromatic heterocycles.